The van der Waals surface area contributed by atoms with Crippen molar-refractivity contribution in [2.75, 3.05) is 0 Å². The summed E-state index contributed by atoms with van der Waals surface area (Å²) in [7, 11) is 0. The van der Waals surface area contributed by atoms with Crippen LogP contribution in [0.25, 0.3) is 11.1 Å². The number of hydrogen-bond acceptors (Lipinski definition) is 2. The van der Waals surface area contributed by atoms with Crippen molar-refractivity contribution in [2.24, 2.45) is 0 Å². The number of rotatable bonds is 1. The molecular formula is C12H11Cl2NO2. The minimum absolute atomic E-state index is 0.0238. The maximum Gasteiger partial charge on any atom is 0.200 e. The molecule has 3 N–H and O–H groups in total. The summed E-state index contributed by atoms with van der Waals surface area (Å²) in [5, 5.41) is 20.6. The Labute approximate surface area is 109 Å². The van der Waals surface area contributed by atoms with Gasteiger partial charge in [0, 0.05) is 15.6 Å². The van der Waals surface area contributed by atoms with Gasteiger partial charge in [-0.25, -0.2) is 0 Å². The van der Waals surface area contributed by atoms with Crippen molar-refractivity contribution in [3.63, 3.8) is 0 Å². The number of nitrogens with one attached hydrogen (secondary N) is 1. The van der Waals surface area contributed by atoms with Crippen LogP contribution in [-0.4, -0.2) is 15.2 Å². The quantitative estimate of drug-likeness (QED) is 0.734. The molecule has 0 aliphatic carbocycles. The van der Waals surface area contributed by atoms with Crippen LogP contribution < -0.4 is 0 Å². The van der Waals surface area contributed by atoms with Gasteiger partial charge in [0.05, 0.1) is 11.3 Å². The Morgan fingerprint density at radius 1 is 1.06 bits per heavy atom. The SMILES string of the molecule is Cc1cc(Cl)c(-c2c(O)[nH]c(C)c2O)cc1Cl. The normalized spacial score (nSPS) is 10.8. The van der Waals surface area contributed by atoms with Crippen LogP contribution in [-0.2, 0) is 0 Å². The highest BCUT2D eigenvalue weighted by molar-refractivity contribution is 6.36. The van der Waals surface area contributed by atoms with E-state index in [1.807, 2.05) is 6.92 Å². The van der Waals surface area contributed by atoms with Gasteiger partial charge in [-0.15, -0.1) is 0 Å². The lowest BCUT2D eigenvalue weighted by Crippen LogP contribution is -1.83. The molecule has 0 aliphatic rings. The molecule has 0 bridgehead atoms. The molecule has 1 aromatic carbocycles. The minimum Gasteiger partial charge on any atom is -0.505 e. The van der Waals surface area contributed by atoms with Crippen LogP contribution in [0.3, 0.4) is 0 Å². The molecule has 0 unspecified atom stereocenters. The Kier molecular flexibility index (Phi) is 2.98. The van der Waals surface area contributed by atoms with Crippen LogP contribution in [0, 0.1) is 13.8 Å². The Morgan fingerprint density at radius 2 is 1.71 bits per heavy atom. The lowest BCUT2D eigenvalue weighted by atomic mass is 10.1. The van der Waals surface area contributed by atoms with Crippen molar-refractivity contribution in [3.05, 3.63) is 33.4 Å². The molecule has 17 heavy (non-hydrogen) atoms. The molecule has 1 aromatic heterocycles. The second-order valence-corrected chi connectivity index (χ2v) is 4.72. The fraction of sp³-hybridized carbons (Fsp3) is 0.167. The highest BCUT2D eigenvalue weighted by atomic mass is 35.5. The van der Waals surface area contributed by atoms with Crippen molar-refractivity contribution in [1.82, 2.24) is 4.98 Å². The van der Waals surface area contributed by atoms with Crippen molar-refractivity contribution < 1.29 is 10.2 Å². The van der Waals surface area contributed by atoms with Gasteiger partial charge in [0.25, 0.3) is 0 Å². The molecule has 2 rings (SSSR count). The van der Waals surface area contributed by atoms with Gasteiger partial charge in [0.1, 0.15) is 5.75 Å². The molecule has 0 radical (unpaired) electrons. The predicted molar refractivity (Wildman–Crippen MR) is 69.1 cm³/mol. The molecule has 0 saturated carbocycles. The first-order valence-corrected chi connectivity index (χ1v) is 5.74. The minimum atomic E-state index is -0.123. The molecule has 0 spiro atoms. The lowest BCUT2D eigenvalue weighted by molar-refractivity contribution is 0.455. The summed E-state index contributed by atoms with van der Waals surface area (Å²) in [5.74, 6) is -0.147. The summed E-state index contributed by atoms with van der Waals surface area (Å²) in [5.41, 5.74) is 2.09. The van der Waals surface area contributed by atoms with E-state index in [2.05, 4.69) is 4.98 Å². The third kappa shape index (κ3) is 1.96. The molecule has 0 amide bonds. The zero-order valence-electron chi connectivity index (χ0n) is 9.31. The van der Waals surface area contributed by atoms with Gasteiger partial charge in [0.2, 0.25) is 5.88 Å². The van der Waals surface area contributed by atoms with Crippen LogP contribution in [0.15, 0.2) is 12.1 Å². The molecular weight excluding hydrogens is 261 g/mol. The van der Waals surface area contributed by atoms with E-state index in [0.29, 0.717) is 21.3 Å². The largest absolute Gasteiger partial charge is 0.505 e. The number of aromatic hydroxyl groups is 2. The summed E-state index contributed by atoms with van der Waals surface area (Å²) < 4.78 is 0. The van der Waals surface area contributed by atoms with Gasteiger partial charge in [-0.2, -0.15) is 0 Å². The molecule has 5 heteroatoms. The summed E-state index contributed by atoms with van der Waals surface area (Å²) in [6.07, 6.45) is 0. The smallest absolute Gasteiger partial charge is 0.200 e. The third-order valence-corrected chi connectivity index (χ3v) is 3.37. The fourth-order valence-electron chi connectivity index (χ4n) is 1.69. The average molecular weight is 272 g/mol. The van der Waals surface area contributed by atoms with Gasteiger partial charge in [-0.05, 0) is 31.5 Å². The molecule has 0 fully saturated rings. The number of hydrogen-bond donors (Lipinski definition) is 3. The lowest BCUT2D eigenvalue weighted by Gasteiger charge is -2.07. The van der Waals surface area contributed by atoms with E-state index in [1.165, 1.54) is 0 Å². The van der Waals surface area contributed by atoms with Crippen LogP contribution >= 0.6 is 23.2 Å². The zero-order valence-corrected chi connectivity index (χ0v) is 10.8. The molecule has 3 nitrogen and oxygen atoms in total. The first kappa shape index (κ1) is 12.1. The number of aromatic nitrogens is 1. The number of H-pyrrole nitrogens is 1. The number of aromatic amines is 1. The van der Waals surface area contributed by atoms with Crippen molar-refractivity contribution in [3.8, 4) is 22.8 Å². The highest BCUT2D eigenvalue weighted by Gasteiger charge is 2.19. The van der Waals surface area contributed by atoms with Crippen molar-refractivity contribution in [1.29, 1.82) is 0 Å². The van der Waals surface area contributed by atoms with E-state index in [4.69, 9.17) is 23.2 Å². The standard InChI is InChI=1S/C12H11Cl2NO2/c1-5-3-9(14)7(4-8(5)13)10-11(16)6(2)15-12(10)17/h3-4,15-17H,1-2H3. The summed E-state index contributed by atoms with van der Waals surface area (Å²) >= 11 is 12.1. The topological polar surface area (TPSA) is 56.2 Å². The third-order valence-electron chi connectivity index (χ3n) is 2.65. The molecule has 1 heterocycles. The first-order valence-electron chi connectivity index (χ1n) is 4.98. The van der Waals surface area contributed by atoms with E-state index in [-0.39, 0.29) is 17.2 Å². The highest BCUT2D eigenvalue weighted by Crippen LogP contribution is 2.43. The molecule has 2 aromatic rings. The Bertz CT molecular complexity index is 591. The van der Waals surface area contributed by atoms with Crippen molar-refractivity contribution in [2.45, 2.75) is 13.8 Å². The van der Waals surface area contributed by atoms with E-state index in [0.717, 1.165) is 5.56 Å². The van der Waals surface area contributed by atoms with E-state index in [1.54, 1.807) is 19.1 Å². The Morgan fingerprint density at radius 3 is 2.24 bits per heavy atom. The van der Waals surface area contributed by atoms with Crippen LogP contribution in [0.5, 0.6) is 11.6 Å². The maximum absolute atomic E-state index is 9.86. The first-order chi connectivity index (χ1) is 7.91. The van der Waals surface area contributed by atoms with Gasteiger partial charge in [-0.3, -0.25) is 0 Å². The van der Waals surface area contributed by atoms with Gasteiger partial charge >= 0.3 is 0 Å². The second-order valence-electron chi connectivity index (χ2n) is 3.90. The Hall–Kier alpha value is -1.32. The molecule has 0 aliphatic heterocycles. The van der Waals surface area contributed by atoms with E-state index >= 15 is 0 Å². The number of benzene rings is 1. The molecule has 90 valence electrons. The van der Waals surface area contributed by atoms with Crippen LogP contribution in [0.2, 0.25) is 10.0 Å². The number of aryl methyl sites for hydroxylation is 2. The van der Waals surface area contributed by atoms with Crippen LogP contribution in [0.1, 0.15) is 11.3 Å². The van der Waals surface area contributed by atoms with Crippen molar-refractivity contribution >= 4 is 23.2 Å². The average Bonchev–Trinajstić information content (AvgIpc) is 2.48. The summed E-state index contributed by atoms with van der Waals surface area (Å²) in [6, 6.07) is 3.32. The zero-order chi connectivity index (χ0) is 12.7. The molecule has 0 atom stereocenters. The molecule has 0 saturated heterocycles. The summed E-state index contributed by atoms with van der Waals surface area (Å²) in [4.78, 5) is 2.64. The summed E-state index contributed by atoms with van der Waals surface area (Å²) in [6.45, 7) is 3.49. The van der Waals surface area contributed by atoms with Crippen LogP contribution in [0.4, 0.5) is 0 Å². The van der Waals surface area contributed by atoms with Gasteiger partial charge < -0.3 is 15.2 Å². The predicted octanol–water partition coefficient (Wildman–Crippen LogP) is 4.02. The van der Waals surface area contributed by atoms with Gasteiger partial charge in [-0.1, -0.05) is 23.2 Å². The van der Waals surface area contributed by atoms with E-state index in [9.17, 15) is 10.2 Å². The maximum atomic E-state index is 9.86. The monoisotopic (exact) mass is 271 g/mol. The van der Waals surface area contributed by atoms with E-state index < -0.39 is 0 Å². The van der Waals surface area contributed by atoms with Gasteiger partial charge in [0.15, 0.2) is 0 Å². The second kappa shape index (κ2) is 4.17. The fourth-order valence-corrected chi connectivity index (χ4v) is 2.17. The number of halogens is 2. The Balaban J connectivity index is 2.72.